The predicted molar refractivity (Wildman–Crippen MR) is 209 cm³/mol. The molecule has 4 aliphatic carbocycles. The molecule has 50 heavy (non-hydrogen) atoms. The van der Waals surface area contributed by atoms with Gasteiger partial charge in [-0.25, -0.2) is 0 Å². The predicted octanol–water partition coefficient (Wildman–Crippen LogP) is 13.0. The maximum absolute atomic E-state index is 6.67. The van der Waals surface area contributed by atoms with Crippen molar-refractivity contribution in [3.8, 4) is 22.3 Å². The molecule has 1 heteroatoms. The molecule has 0 aliphatic heterocycles. The van der Waals surface area contributed by atoms with Gasteiger partial charge in [0, 0.05) is 22.9 Å². The summed E-state index contributed by atoms with van der Waals surface area (Å²) >= 11 is 0. The zero-order valence-corrected chi connectivity index (χ0v) is 27.6. The summed E-state index contributed by atoms with van der Waals surface area (Å²) in [7, 11) is 0. The molecule has 8 aromatic rings. The van der Waals surface area contributed by atoms with Crippen molar-refractivity contribution in [2.75, 3.05) is 0 Å². The van der Waals surface area contributed by atoms with Crippen molar-refractivity contribution in [2.45, 2.75) is 31.1 Å². The molecular formula is C49H32O. The summed E-state index contributed by atoms with van der Waals surface area (Å²) in [5.41, 5.74) is 15.5. The molecule has 1 nitrogen and oxygen atoms in total. The fourth-order valence-corrected chi connectivity index (χ4v) is 10.2. The summed E-state index contributed by atoms with van der Waals surface area (Å²) in [6, 6.07) is 46.1. The van der Waals surface area contributed by atoms with Crippen LogP contribution in [0.4, 0.5) is 0 Å². The molecule has 12 rings (SSSR count). The fraction of sp³-hybridized carbons (Fsp3) is 0.102. The fourth-order valence-electron chi connectivity index (χ4n) is 10.2. The van der Waals surface area contributed by atoms with Gasteiger partial charge in [0.25, 0.3) is 0 Å². The van der Waals surface area contributed by atoms with Crippen molar-refractivity contribution < 1.29 is 4.42 Å². The lowest BCUT2D eigenvalue weighted by Crippen LogP contribution is -2.27. The van der Waals surface area contributed by atoms with Crippen LogP contribution in [0.3, 0.4) is 0 Å². The van der Waals surface area contributed by atoms with Crippen molar-refractivity contribution in [1.82, 2.24) is 0 Å². The van der Waals surface area contributed by atoms with Gasteiger partial charge in [0.1, 0.15) is 11.3 Å². The highest BCUT2D eigenvalue weighted by molar-refractivity contribution is 6.26. The van der Waals surface area contributed by atoms with Crippen LogP contribution in [-0.4, -0.2) is 0 Å². The van der Waals surface area contributed by atoms with Crippen molar-refractivity contribution in [2.24, 2.45) is 0 Å². The Labute approximate surface area is 290 Å². The molecule has 0 bridgehead atoms. The Kier molecular flexibility index (Phi) is 5.18. The van der Waals surface area contributed by atoms with E-state index in [0.717, 1.165) is 37.0 Å². The molecule has 0 fully saturated rings. The van der Waals surface area contributed by atoms with Gasteiger partial charge in [-0.1, -0.05) is 127 Å². The second kappa shape index (κ2) is 9.61. The van der Waals surface area contributed by atoms with E-state index < -0.39 is 5.41 Å². The molecule has 7 aromatic carbocycles. The first-order chi connectivity index (χ1) is 24.8. The van der Waals surface area contributed by atoms with Crippen LogP contribution in [-0.2, 0) is 11.8 Å². The van der Waals surface area contributed by atoms with E-state index >= 15 is 0 Å². The van der Waals surface area contributed by atoms with Gasteiger partial charge in [0.2, 0.25) is 0 Å². The summed E-state index contributed by atoms with van der Waals surface area (Å²) in [5.74, 6) is 1.11. The molecule has 1 heterocycles. The Balaban J connectivity index is 1.20. The Hall–Kier alpha value is -5.92. The number of fused-ring (bicyclic) bond motifs is 18. The summed E-state index contributed by atoms with van der Waals surface area (Å²) in [5, 5.41) is 9.19. The van der Waals surface area contributed by atoms with Gasteiger partial charge in [0.05, 0.1) is 5.41 Å². The Morgan fingerprint density at radius 1 is 0.460 bits per heavy atom. The topological polar surface area (TPSA) is 13.1 Å². The van der Waals surface area contributed by atoms with E-state index in [1.807, 2.05) is 0 Å². The van der Waals surface area contributed by atoms with E-state index in [1.54, 1.807) is 0 Å². The van der Waals surface area contributed by atoms with Crippen molar-refractivity contribution in [3.05, 3.63) is 179 Å². The number of furan rings is 1. The molecule has 4 aliphatic rings. The zero-order chi connectivity index (χ0) is 32.6. The first kappa shape index (κ1) is 27.0. The molecule has 1 spiro atoms. The van der Waals surface area contributed by atoms with Gasteiger partial charge >= 0.3 is 0 Å². The van der Waals surface area contributed by atoms with Crippen LogP contribution >= 0.6 is 0 Å². The minimum absolute atomic E-state index is 0.399. The highest BCUT2D eigenvalue weighted by Crippen LogP contribution is 2.64. The third-order valence-electron chi connectivity index (χ3n) is 12.2. The minimum Gasteiger partial charge on any atom is -0.460 e. The third-order valence-corrected chi connectivity index (χ3v) is 12.2. The smallest absolute Gasteiger partial charge is 0.142 e. The second-order valence-corrected chi connectivity index (χ2v) is 14.5. The van der Waals surface area contributed by atoms with Gasteiger partial charge in [-0.2, -0.15) is 0 Å². The standard InChI is InChI=1S/C49H32O/c1-3-14-33-31(12-1)32-13-2-4-15-34(32)41-28-46-42(27-40(33)41)36-17-6-9-22-44(36)49(46)43-21-8-5-16-35(43)37-25-24-29(26-45(37)49)30-19-11-20-39-38-18-7-10-23-47(38)50-48(30)39/h1-5,7-9,11-16,18-22,24-28H,6,10,17,23H2. The average molecular weight is 637 g/mol. The van der Waals surface area contributed by atoms with Crippen molar-refractivity contribution in [1.29, 1.82) is 0 Å². The molecule has 0 amide bonds. The lowest BCUT2D eigenvalue weighted by atomic mass is 9.68. The molecule has 0 N–H and O–H groups in total. The van der Waals surface area contributed by atoms with E-state index in [9.17, 15) is 0 Å². The van der Waals surface area contributed by atoms with E-state index in [4.69, 9.17) is 4.42 Å². The van der Waals surface area contributed by atoms with Crippen LogP contribution in [0.1, 0.15) is 52.8 Å². The van der Waals surface area contributed by atoms with Gasteiger partial charge in [-0.15, -0.1) is 0 Å². The summed E-state index contributed by atoms with van der Waals surface area (Å²) in [6.07, 6.45) is 13.5. The van der Waals surface area contributed by atoms with Gasteiger partial charge in [0.15, 0.2) is 0 Å². The summed E-state index contributed by atoms with van der Waals surface area (Å²) in [6.45, 7) is 0. The molecule has 234 valence electrons. The van der Waals surface area contributed by atoms with Crippen LogP contribution in [0.25, 0.3) is 77.2 Å². The normalized spacial score (nSPS) is 18.3. The lowest BCUT2D eigenvalue weighted by Gasteiger charge is -2.32. The van der Waals surface area contributed by atoms with E-state index in [2.05, 4.69) is 146 Å². The number of hydrogen-bond acceptors (Lipinski definition) is 1. The Morgan fingerprint density at radius 3 is 1.94 bits per heavy atom. The van der Waals surface area contributed by atoms with Gasteiger partial charge < -0.3 is 4.42 Å². The first-order valence-electron chi connectivity index (χ1n) is 18.0. The maximum Gasteiger partial charge on any atom is 0.142 e. The number of hydrogen-bond donors (Lipinski definition) is 0. The van der Waals surface area contributed by atoms with Crippen LogP contribution in [0, 0.1) is 0 Å². The zero-order valence-electron chi connectivity index (χ0n) is 27.6. The number of aryl methyl sites for hydroxylation is 1. The number of rotatable bonds is 1. The quantitative estimate of drug-likeness (QED) is 0.163. The van der Waals surface area contributed by atoms with E-state index in [1.165, 1.54) is 98.9 Å². The lowest BCUT2D eigenvalue weighted by molar-refractivity contribution is 0.547. The highest BCUT2D eigenvalue weighted by Gasteiger charge is 2.52. The maximum atomic E-state index is 6.67. The molecule has 0 saturated heterocycles. The van der Waals surface area contributed by atoms with Gasteiger partial charge in [-0.3, -0.25) is 0 Å². The third kappa shape index (κ3) is 3.24. The Morgan fingerprint density at radius 2 is 1.10 bits per heavy atom. The Bertz CT molecular complexity index is 2930. The minimum atomic E-state index is -0.399. The summed E-state index contributed by atoms with van der Waals surface area (Å²) < 4.78 is 6.67. The highest BCUT2D eigenvalue weighted by atomic mass is 16.3. The molecule has 1 aromatic heterocycles. The van der Waals surface area contributed by atoms with Crippen LogP contribution in [0.2, 0.25) is 0 Å². The van der Waals surface area contributed by atoms with Crippen LogP contribution < -0.4 is 0 Å². The number of allylic oxidation sites excluding steroid dienone is 5. The van der Waals surface area contributed by atoms with Crippen LogP contribution in [0.15, 0.2) is 150 Å². The monoisotopic (exact) mass is 636 g/mol. The molecular weight excluding hydrogens is 605 g/mol. The first-order valence-corrected chi connectivity index (χ1v) is 18.0. The van der Waals surface area contributed by atoms with Crippen molar-refractivity contribution >= 4 is 54.9 Å². The molecule has 0 radical (unpaired) electrons. The average Bonchev–Trinajstić information content (AvgIpc) is 3.81. The molecule has 0 saturated carbocycles. The largest absolute Gasteiger partial charge is 0.460 e. The van der Waals surface area contributed by atoms with Crippen LogP contribution in [0.5, 0.6) is 0 Å². The van der Waals surface area contributed by atoms with E-state index in [-0.39, 0.29) is 0 Å². The second-order valence-electron chi connectivity index (χ2n) is 14.5. The molecule has 1 atom stereocenters. The van der Waals surface area contributed by atoms with Gasteiger partial charge in [-0.05, 0) is 120 Å². The molecule has 1 unspecified atom stereocenters. The summed E-state index contributed by atoms with van der Waals surface area (Å²) in [4.78, 5) is 0. The van der Waals surface area contributed by atoms with Crippen molar-refractivity contribution in [3.63, 3.8) is 0 Å². The SMILES string of the molecule is C1=CC2=C(CC1)c1cc3c4ccccc4c4ccccc4c3cc1C21c2ccccc2-c2ccc(-c3cccc4c5c(oc34)CCC=C5)cc21. The van der Waals surface area contributed by atoms with E-state index in [0.29, 0.717) is 0 Å². The number of benzene rings is 7. The number of para-hydroxylation sites is 1.